The molecule has 2 rings (SSSR count). The molecule has 0 saturated heterocycles. The van der Waals surface area contributed by atoms with Gasteiger partial charge in [0.15, 0.2) is 5.11 Å². The molecule has 0 bridgehead atoms. The quantitative estimate of drug-likeness (QED) is 0.750. The first-order chi connectivity index (χ1) is 10.1. The number of aryl methyl sites for hydroxylation is 2. The Morgan fingerprint density at radius 3 is 2.19 bits per heavy atom. The Morgan fingerprint density at radius 1 is 1.00 bits per heavy atom. The predicted molar refractivity (Wildman–Crippen MR) is 96.5 cm³/mol. The lowest BCUT2D eigenvalue weighted by Crippen LogP contribution is -2.20. The Labute approximate surface area is 136 Å². The van der Waals surface area contributed by atoms with Crippen molar-refractivity contribution in [3.63, 3.8) is 0 Å². The molecular weight excluding hydrogens is 300 g/mol. The maximum atomic E-state index is 5.98. The molecule has 0 heterocycles. The molecule has 0 unspecified atom stereocenters. The zero-order chi connectivity index (χ0) is 15.2. The summed E-state index contributed by atoms with van der Waals surface area (Å²) in [5, 5.41) is 7.76. The lowest BCUT2D eigenvalue weighted by molar-refractivity contribution is 1.09. The van der Waals surface area contributed by atoms with E-state index in [2.05, 4.69) is 42.7 Å². The van der Waals surface area contributed by atoms with E-state index in [1.807, 2.05) is 24.3 Å². The summed E-state index contributed by atoms with van der Waals surface area (Å²) in [6, 6.07) is 13.9. The highest BCUT2D eigenvalue weighted by atomic mass is 35.5. The van der Waals surface area contributed by atoms with Gasteiger partial charge in [-0.3, -0.25) is 0 Å². The minimum Gasteiger partial charge on any atom is -0.332 e. The molecule has 0 atom stereocenters. The van der Waals surface area contributed by atoms with Gasteiger partial charge in [0, 0.05) is 16.4 Å². The molecule has 2 aromatic rings. The average Bonchev–Trinajstić information content (AvgIpc) is 2.47. The maximum Gasteiger partial charge on any atom is 0.175 e. The van der Waals surface area contributed by atoms with Crippen LogP contribution in [0.1, 0.15) is 25.0 Å². The van der Waals surface area contributed by atoms with Crippen molar-refractivity contribution in [3.8, 4) is 0 Å². The van der Waals surface area contributed by atoms with E-state index < -0.39 is 0 Å². The molecule has 0 spiro atoms. The van der Waals surface area contributed by atoms with Gasteiger partial charge in [-0.15, -0.1) is 0 Å². The maximum absolute atomic E-state index is 5.98. The zero-order valence-corrected chi connectivity index (χ0v) is 13.8. The minimum absolute atomic E-state index is 0.577. The molecule has 0 aliphatic carbocycles. The van der Waals surface area contributed by atoms with E-state index in [4.69, 9.17) is 23.8 Å². The van der Waals surface area contributed by atoms with Crippen LogP contribution < -0.4 is 10.6 Å². The standard InChI is InChI=1S/C17H19ClN2S/c1-3-12-7-5-8-13(4-2)16(12)20-17(21)19-15-10-6-9-14(18)11-15/h5-11H,3-4H2,1-2H3,(H2,19,20,21). The summed E-state index contributed by atoms with van der Waals surface area (Å²) in [4.78, 5) is 0. The molecule has 0 saturated carbocycles. The Bertz CT molecular complexity index is 618. The van der Waals surface area contributed by atoms with E-state index >= 15 is 0 Å². The number of nitrogens with one attached hydrogen (secondary N) is 2. The third-order valence-corrected chi connectivity index (χ3v) is 3.76. The zero-order valence-electron chi connectivity index (χ0n) is 12.2. The molecule has 21 heavy (non-hydrogen) atoms. The molecule has 0 radical (unpaired) electrons. The fourth-order valence-corrected chi connectivity index (χ4v) is 2.66. The number of anilines is 2. The van der Waals surface area contributed by atoms with Crippen molar-refractivity contribution < 1.29 is 0 Å². The number of hydrogen-bond acceptors (Lipinski definition) is 1. The molecule has 2 aromatic carbocycles. The van der Waals surface area contributed by atoms with Crippen LogP contribution in [0, 0.1) is 0 Å². The largest absolute Gasteiger partial charge is 0.332 e. The molecule has 0 aliphatic heterocycles. The van der Waals surface area contributed by atoms with Crippen LogP contribution in [0.25, 0.3) is 0 Å². The van der Waals surface area contributed by atoms with E-state index in [0.717, 1.165) is 24.2 Å². The molecule has 0 fully saturated rings. The fraction of sp³-hybridized carbons (Fsp3) is 0.235. The van der Waals surface area contributed by atoms with Gasteiger partial charge in [-0.2, -0.15) is 0 Å². The number of halogens is 1. The Hall–Kier alpha value is -1.58. The smallest absolute Gasteiger partial charge is 0.175 e. The summed E-state index contributed by atoms with van der Waals surface area (Å²) in [5.74, 6) is 0. The fourth-order valence-electron chi connectivity index (χ4n) is 2.25. The average molecular weight is 319 g/mol. The number of thiocarbonyl (C=S) groups is 1. The van der Waals surface area contributed by atoms with Crippen LogP contribution in [-0.2, 0) is 12.8 Å². The van der Waals surface area contributed by atoms with Gasteiger partial charge in [0.2, 0.25) is 0 Å². The summed E-state index contributed by atoms with van der Waals surface area (Å²) in [5.41, 5.74) is 4.53. The molecule has 110 valence electrons. The molecule has 0 aromatic heterocycles. The molecule has 2 nitrogen and oxygen atoms in total. The van der Waals surface area contributed by atoms with E-state index in [9.17, 15) is 0 Å². The number of benzene rings is 2. The van der Waals surface area contributed by atoms with E-state index in [0.29, 0.717) is 10.1 Å². The van der Waals surface area contributed by atoms with Gasteiger partial charge in [-0.1, -0.05) is 49.7 Å². The monoisotopic (exact) mass is 318 g/mol. The topological polar surface area (TPSA) is 24.1 Å². The third kappa shape index (κ3) is 4.19. The molecular formula is C17H19ClN2S. The van der Waals surface area contributed by atoms with Gasteiger partial charge >= 0.3 is 0 Å². The van der Waals surface area contributed by atoms with Crippen molar-refractivity contribution in [2.45, 2.75) is 26.7 Å². The highest BCUT2D eigenvalue weighted by Gasteiger charge is 2.08. The highest BCUT2D eigenvalue weighted by Crippen LogP contribution is 2.23. The molecule has 0 amide bonds. The van der Waals surface area contributed by atoms with Gasteiger partial charge < -0.3 is 10.6 Å². The second kappa shape index (κ2) is 7.43. The SMILES string of the molecule is CCc1cccc(CC)c1NC(=S)Nc1cccc(Cl)c1. The number of hydrogen-bond donors (Lipinski definition) is 2. The van der Waals surface area contributed by atoms with Gasteiger partial charge in [0.1, 0.15) is 0 Å². The van der Waals surface area contributed by atoms with Crippen molar-refractivity contribution in [1.29, 1.82) is 0 Å². The van der Waals surface area contributed by atoms with E-state index in [1.165, 1.54) is 11.1 Å². The summed E-state index contributed by atoms with van der Waals surface area (Å²) in [7, 11) is 0. The third-order valence-electron chi connectivity index (χ3n) is 3.32. The lowest BCUT2D eigenvalue weighted by atomic mass is 10.0. The van der Waals surface area contributed by atoms with Crippen LogP contribution in [0.15, 0.2) is 42.5 Å². The van der Waals surface area contributed by atoms with Gasteiger partial charge in [0.25, 0.3) is 0 Å². The van der Waals surface area contributed by atoms with Crippen LogP contribution >= 0.6 is 23.8 Å². The van der Waals surface area contributed by atoms with Crippen molar-refractivity contribution in [3.05, 3.63) is 58.6 Å². The van der Waals surface area contributed by atoms with Crippen LogP contribution in [0.5, 0.6) is 0 Å². The highest BCUT2D eigenvalue weighted by molar-refractivity contribution is 7.80. The van der Waals surface area contributed by atoms with Crippen LogP contribution in [0.4, 0.5) is 11.4 Å². The van der Waals surface area contributed by atoms with Crippen LogP contribution in [0.2, 0.25) is 5.02 Å². The Balaban J connectivity index is 2.16. The Kier molecular flexibility index (Phi) is 5.59. The number of para-hydroxylation sites is 1. The van der Waals surface area contributed by atoms with Crippen molar-refractivity contribution in [2.75, 3.05) is 10.6 Å². The normalized spacial score (nSPS) is 10.2. The van der Waals surface area contributed by atoms with E-state index in [1.54, 1.807) is 0 Å². The van der Waals surface area contributed by atoms with Crippen molar-refractivity contribution in [1.82, 2.24) is 0 Å². The van der Waals surface area contributed by atoms with Gasteiger partial charge in [-0.05, 0) is 54.4 Å². The van der Waals surface area contributed by atoms with Gasteiger partial charge in [-0.25, -0.2) is 0 Å². The first-order valence-electron chi connectivity index (χ1n) is 7.08. The van der Waals surface area contributed by atoms with Crippen LogP contribution in [-0.4, -0.2) is 5.11 Å². The lowest BCUT2D eigenvalue weighted by Gasteiger charge is -2.17. The van der Waals surface area contributed by atoms with Crippen molar-refractivity contribution in [2.24, 2.45) is 0 Å². The van der Waals surface area contributed by atoms with Gasteiger partial charge in [0.05, 0.1) is 0 Å². The first kappa shape index (κ1) is 15.8. The second-order valence-electron chi connectivity index (χ2n) is 4.75. The Morgan fingerprint density at radius 2 is 1.62 bits per heavy atom. The van der Waals surface area contributed by atoms with Crippen molar-refractivity contribution >= 4 is 40.3 Å². The van der Waals surface area contributed by atoms with E-state index in [-0.39, 0.29) is 0 Å². The number of rotatable bonds is 4. The second-order valence-corrected chi connectivity index (χ2v) is 5.59. The molecule has 0 aliphatic rings. The summed E-state index contributed by atoms with van der Waals surface area (Å²) in [6.07, 6.45) is 1.94. The van der Waals surface area contributed by atoms with Crippen LogP contribution in [0.3, 0.4) is 0 Å². The molecule has 4 heteroatoms. The molecule has 2 N–H and O–H groups in total. The minimum atomic E-state index is 0.577. The summed E-state index contributed by atoms with van der Waals surface area (Å²) < 4.78 is 0. The summed E-state index contributed by atoms with van der Waals surface area (Å²) in [6.45, 7) is 4.29. The predicted octanol–water partition coefficient (Wildman–Crippen LogP) is 5.27. The summed E-state index contributed by atoms with van der Waals surface area (Å²) >= 11 is 11.4. The first-order valence-corrected chi connectivity index (χ1v) is 7.87.